The first-order valence-corrected chi connectivity index (χ1v) is 19.1. The number of carbonyl (C=O) groups excluding carboxylic acids is 2. The molecule has 0 aromatic heterocycles. The van der Waals surface area contributed by atoms with E-state index in [-0.39, 0.29) is 182 Å². The van der Waals surface area contributed by atoms with Crippen LogP contribution in [-0.2, 0) is 38.4 Å². The number of hydrogen-bond donors (Lipinski definition) is 8. The van der Waals surface area contributed by atoms with Crippen LogP contribution in [0.1, 0.15) is 0 Å². The molecule has 2 saturated heterocycles. The highest BCUT2D eigenvalue weighted by Gasteiger charge is 2.23. The van der Waals surface area contributed by atoms with Gasteiger partial charge in [-0.15, -0.1) is 0 Å². The Kier molecular flexibility index (Phi) is 23.2. The van der Waals surface area contributed by atoms with Gasteiger partial charge in [-0.25, -0.2) is 0 Å². The molecule has 0 radical (unpaired) electrons. The van der Waals surface area contributed by atoms with Crippen molar-refractivity contribution in [2.24, 2.45) is 0 Å². The second-order valence-electron chi connectivity index (χ2n) is 14.3. The molecule has 2 aliphatic rings. The molecule has 0 saturated carbocycles. The van der Waals surface area contributed by atoms with Gasteiger partial charge < -0.3 is 41.3 Å². The summed E-state index contributed by atoms with van der Waals surface area (Å²) in [5.74, 6) is -7.15. The lowest BCUT2D eigenvalue weighted by Gasteiger charge is -2.33. The molecule has 24 heteroatoms. The summed E-state index contributed by atoms with van der Waals surface area (Å²) in [6.07, 6.45) is 0. The summed E-state index contributed by atoms with van der Waals surface area (Å²) in [6, 6.07) is 0. The highest BCUT2D eigenvalue weighted by Crippen LogP contribution is 2.03. The van der Waals surface area contributed by atoms with Crippen LogP contribution in [0.3, 0.4) is 0 Å². The summed E-state index contributed by atoms with van der Waals surface area (Å²) in [4.78, 5) is 108. The van der Waals surface area contributed by atoms with Crippen molar-refractivity contribution in [1.29, 1.82) is 0 Å². The van der Waals surface area contributed by atoms with E-state index >= 15 is 0 Å². The molecule has 0 aromatic rings. The van der Waals surface area contributed by atoms with E-state index in [1.54, 1.807) is 39.2 Å². The Bertz CT molecular complexity index is 1210. The van der Waals surface area contributed by atoms with E-state index in [1.165, 1.54) is 0 Å². The summed E-state index contributed by atoms with van der Waals surface area (Å²) in [5, 5.41) is 61.9. The molecule has 0 unspecified atom stereocenters. The van der Waals surface area contributed by atoms with Crippen molar-refractivity contribution >= 4 is 47.6 Å². The SMILES string of the molecule is O=C(O)CN1CCN(CC(=O)O)CCN(CC(=O)NCCNC(=O)CN2CCN(CC(=O)O)CCN(CC(=O)O)CCN(CC(=O)O)CC2)CCN(CC(=O)O)CC1. The van der Waals surface area contributed by atoms with Gasteiger partial charge in [0, 0.05) is 118 Å². The van der Waals surface area contributed by atoms with E-state index < -0.39 is 35.8 Å². The van der Waals surface area contributed by atoms with E-state index in [0.29, 0.717) is 0 Å². The fourth-order valence-electron chi connectivity index (χ4n) is 6.49. The summed E-state index contributed by atoms with van der Waals surface area (Å²) >= 11 is 0. The standard InChI is InChI=1S/C34H60N10O14/c45-27(19-37-3-7-39(21-29(47)48)11-15-43(25-33(55)56)16-12-40(8-4-37)22-30(49)50)35-1-2-36-28(46)20-38-5-9-41(23-31(51)52)13-17-44(26-34(57)58)18-14-42(10-6-38)24-32(53)54/h1-26H2,(H,35,45)(H,36,46)(H,47,48)(H,49,50)(H,51,52)(H,53,54)(H,55,56)(H,57,58). The van der Waals surface area contributed by atoms with E-state index in [2.05, 4.69) is 10.6 Å². The van der Waals surface area contributed by atoms with Gasteiger partial charge in [0.2, 0.25) is 11.8 Å². The van der Waals surface area contributed by atoms with Crippen LogP contribution >= 0.6 is 0 Å². The minimum Gasteiger partial charge on any atom is -0.480 e. The molecule has 0 spiro atoms. The van der Waals surface area contributed by atoms with Crippen molar-refractivity contribution in [2.45, 2.75) is 0 Å². The molecule has 0 aliphatic carbocycles. The highest BCUT2D eigenvalue weighted by molar-refractivity contribution is 5.79. The maximum absolute atomic E-state index is 13.0. The molecule has 0 bridgehead atoms. The smallest absolute Gasteiger partial charge is 0.317 e. The summed E-state index contributed by atoms with van der Waals surface area (Å²) in [6.45, 7) is 2.18. The molecular weight excluding hydrogens is 772 g/mol. The number of nitrogens with zero attached hydrogens (tertiary/aromatic N) is 8. The zero-order valence-electron chi connectivity index (χ0n) is 32.9. The number of carbonyl (C=O) groups is 8. The van der Waals surface area contributed by atoms with Crippen LogP contribution in [0.2, 0.25) is 0 Å². The number of carboxylic acids is 6. The van der Waals surface area contributed by atoms with Crippen molar-refractivity contribution in [3.8, 4) is 0 Å². The molecule has 2 aliphatic heterocycles. The maximum Gasteiger partial charge on any atom is 0.317 e. The normalized spacial score (nSPS) is 19.4. The number of nitrogens with one attached hydrogen (secondary N) is 2. The third-order valence-electron chi connectivity index (χ3n) is 9.52. The van der Waals surface area contributed by atoms with E-state index in [0.717, 1.165) is 0 Å². The topological polar surface area (TPSA) is 308 Å². The third kappa shape index (κ3) is 23.6. The lowest BCUT2D eigenvalue weighted by molar-refractivity contribution is -0.140. The molecule has 58 heavy (non-hydrogen) atoms. The second-order valence-corrected chi connectivity index (χ2v) is 14.3. The van der Waals surface area contributed by atoms with Crippen molar-refractivity contribution in [3.63, 3.8) is 0 Å². The van der Waals surface area contributed by atoms with Gasteiger partial charge in [-0.05, 0) is 0 Å². The Hall–Kier alpha value is -4.56. The highest BCUT2D eigenvalue weighted by atomic mass is 16.4. The van der Waals surface area contributed by atoms with Gasteiger partial charge in [0.05, 0.1) is 52.4 Å². The average Bonchev–Trinajstić information content (AvgIpc) is 3.11. The third-order valence-corrected chi connectivity index (χ3v) is 9.52. The molecule has 2 amide bonds. The average molecular weight is 833 g/mol. The lowest BCUT2D eigenvalue weighted by Crippen LogP contribution is -2.50. The van der Waals surface area contributed by atoms with Crippen molar-refractivity contribution < 1.29 is 69.0 Å². The first-order chi connectivity index (χ1) is 27.5. The minimum atomic E-state index is -1.06. The molecule has 2 rings (SSSR count). The van der Waals surface area contributed by atoms with E-state index in [1.807, 2.05) is 0 Å². The Morgan fingerprint density at radius 3 is 0.552 bits per heavy atom. The molecule has 330 valence electrons. The van der Waals surface area contributed by atoms with Crippen molar-refractivity contribution in [2.75, 3.05) is 170 Å². The fraction of sp³-hybridized carbons (Fsp3) is 0.765. The Balaban J connectivity index is 1.99. The zero-order chi connectivity index (χ0) is 43.0. The summed E-state index contributed by atoms with van der Waals surface area (Å²) in [7, 11) is 0. The molecule has 2 heterocycles. The van der Waals surface area contributed by atoms with Gasteiger partial charge in [-0.1, -0.05) is 0 Å². The van der Waals surface area contributed by atoms with Gasteiger partial charge in [0.1, 0.15) is 0 Å². The van der Waals surface area contributed by atoms with Crippen LogP contribution < -0.4 is 10.6 Å². The Morgan fingerprint density at radius 2 is 0.414 bits per heavy atom. The first kappa shape index (κ1) is 49.6. The van der Waals surface area contributed by atoms with Crippen LogP contribution in [0.4, 0.5) is 0 Å². The van der Waals surface area contributed by atoms with Gasteiger partial charge in [-0.3, -0.25) is 77.6 Å². The molecule has 24 nitrogen and oxygen atoms in total. The number of rotatable bonds is 19. The fourth-order valence-corrected chi connectivity index (χ4v) is 6.49. The number of aliphatic carboxylic acids is 6. The van der Waals surface area contributed by atoms with Gasteiger partial charge in [0.25, 0.3) is 0 Å². The largest absolute Gasteiger partial charge is 0.480 e. The number of amides is 2. The van der Waals surface area contributed by atoms with Crippen molar-refractivity contribution in [3.05, 3.63) is 0 Å². The van der Waals surface area contributed by atoms with Crippen LogP contribution in [0.15, 0.2) is 0 Å². The maximum atomic E-state index is 13.0. The van der Waals surface area contributed by atoms with E-state index in [4.69, 9.17) is 0 Å². The molecule has 0 aromatic carbocycles. The molecule has 8 N–H and O–H groups in total. The van der Waals surface area contributed by atoms with Crippen molar-refractivity contribution in [1.82, 2.24) is 49.8 Å². The number of carboxylic acid groups (broad SMARTS) is 6. The van der Waals surface area contributed by atoms with E-state index in [9.17, 15) is 69.0 Å². The molecule has 0 atom stereocenters. The van der Waals surface area contributed by atoms with Crippen LogP contribution in [0.5, 0.6) is 0 Å². The van der Waals surface area contributed by atoms with Crippen LogP contribution in [0, 0.1) is 0 Å². The molecular formula is C34H60N10O14. The Morgan fingerprint density at radius 1 is 0.276 bits per heavy atom. The summed E-state index contributed by atoms with van der Waals surface area (Å²) < 4.78 is 0. The quantitative estimate of drug-likeness (QED) is 0.0562. The summed E-state index contributed by atoms with van der Waals surface area (Å²) in [5.41, 5.74) is 0. The monoisotopic (exact) mass is 832 g/mol. The number of hydrogen-bond acceptors (Lipinski definition) is 16. The molecule has 2 fully saturated rings. The van der Waals surface area contributed by atoms with Gasteiger partial charge in [0.15, 0.2) is 0 Å². The first-order valence-electron chi connectivity index (χ1n) is 19.1. The zero-order valence-corrected chi connectivity index (χ0v) is 32.9. The lowest BCUT2D eigenvalue weighted by atomic mass is 10.3. The minimum absolute atomic E-state index is 0.0692. The van der Waals surface area contributed by atoms with Gasteiger partial charge >= 0.3 is 35.8 Å². The van der Waals surface area contributed by atoms with Crippen LogP contribution in [-0.4, -0.2) is 288 Å². The van der Waals surface area contributed by atoms with Crippen LogP contribution in [0.25, 0.3) is 0 Å². The second kappa shape index (κ2) is 27.2. The van der Waals surface area contributed by atoms with Gasteiger partial charge in [-0.2, -0.15) is 0 Å². The predicted molar refractivity (Wildman–Crippen MR) is 203 cm³/mol. The Labute approximate surface area is 336 Å². The predicted octanol–water partition coefficient (Wildman–Crippen LogP) is -5.83.